The van der Waals surface area contributed by atoms with Gasteiger partial charge in [-0.25, -0.2) is 0 Å². The molecule has 0 spiro atoms. The monoisotopic (exact) mass is 410 g/mol. The molecule has 1 aliphatic rings. The topological polar surface area (TPSA) is 67.9 Å². The second-order valence-corrected chi connectivity index (χ2v) is 7.44. The Bertz CT molecular complexity index is 894. The fourth-order valence-electron chi connectivity index (χ4n) is 3.77. The number of amides is 1. The summed E-state index contributed by atoms with van der Waals surface area (Å²) in [6.07, 6.45) is -0.443. The first-order chi connectivity index (χ1) is 14.5. The van der Waals surface area contributed by atoms with E-state index in [2.05, 4.69) is 24.1 Å². The quantitative estimate of drug-likeness (QED) is 0.718. The molecule has 160 valence electrons. The van der Waals surface area contributed by atoms with Gasteiger partial charge in [0.2, 0.25) is 0 Å². The number of carbonyl (C=O) groups is 2. The van der Waals surface area contributed by atoms with Gasteiger partial charge in [-0.1, -0.05) is 51.1 Å². The van der Waals surface area contributed by atoms with Crippen LogP contribution in [-0.2, 0) is 0 Å². The molecule has 1 heterocycles. The molecular formula is C24H30N2O4. The molecule has 1 N–H and O–H groups in total. The molecule has 0 radical (unpaired) electrons. The second-order valence-electron chi connectivity index (χ2n) is 7.44. The number of hydrogen-bond donors (Lipinski definition) is 1. The Hall–Kier alpha value is -2.86. The minimum atomic E-state index is -0.443. The number of rotatable bonds is 8. The zero-order chi connectivity index (χ0) is 21.7. The third-order valence-electron chi connectivity index (χ3n) is 5.66. The molecule has 30 heavy (non-hydrogen) atoms. The fourth-order valence-corrected chi connectivity index (χ4v) is 3.77. The fraction of sp³-hybridized carbons (Fsp3) is 0.417. The van der Waals surface area contributed by atoms with Gasteiger partial charge in [0.15, 0.2) is 5.78 Å². The van der Waals surface area contributed by atoms with Gasteiger partial charge in [-0.3, -0.25) is 9.59 Å². The van der Waals surface area contributed by atoms with Crippen LogP contribution in [0.4, 0.5) is 0 Å². The molecule has 2 atom stereocenters. The maximum absolute atomic E-state index is 13.2. The first kappa shape index (κ1) is 21.8. The molecule has 0 aliphatic carbocycles. The first-order valence-corrected chi connectivity index (χ1v) is 10.5. The number of fused-ring (bicyclic) bond motifs is 1. The number of nitrogens with one attached hydrogen (secondary N) is 1. The van der Waals surface area contributed by atoms with E-state index in [4.69, 9.17) is 9.47 Å². The van der Waals surface area contributed by atoms with Gasteiger partial charge >= 0.3 is 0 Å². The standard InChI is InChI=1S/C24H30N2O4/c1-5-26(6-2)13-12-25-24(28)20-15-18(29-4)14-19-21(27)16(3)22(30-23(19)20)17-10-8-7-9-11-17/h7-11,14-16,22H,5-6,12-13H2,1-4H3,(H,25,28)/t16-,22-/m0/s1. The van der Waals surface area contributed by atoms with Crippen LogP contribution < -0.4 is 14.8 Å². The highest BCUT2D eigenvalue weighted by atomic mass is 16.5. The van der Waals surface area contributed by atoms with E-state index >= 15 is 0 Å². The Morgan fingerprint density at radius 3 is 2.50 bits per heavy atom. The predicted octanol–water partition coefficient (Wildman–Crippen LogP) is 3.72. The zero-order valence-electron chi connectivity index (χ0n) is 18.1. The third-order valence-corrected chi connectivity index (χ3v) is 5.66. The van der Waals surface area contributed by atoms with Gasteiger partial charge in [-0.2, -0.15) is 0 Å². The van der Waals surface area contributed by atoms with Gasteiger partial charge in [0.25, 0.3) is 5.91 Å². The van der Waals surface area contributed by atoms with E-state index in [0.29, 0.717) is 29.2 Å². The van der Waals surface area contributed by atoms with Crippen molar-refractivity contribution in [3.05, 3.63) is 59.2 Å². The maximum atomic E-state index is 13.2. The number of benzene rings is 2. The normalized spacial score (nSPS) is 18.0. The van der Waals surface area contributed by atoms with Crippen LogP contribution in [0.2, 0.25) is 0 Å². The summed E-state index contributed by atoms with van der Waals surface area (Å²) < 4.78 is 11.6. The van der Waals surface area contributed by atoms with Gasteiger partial charge in [0.05, 0.1) is 24.2 Å². The SMILES string of the molecule is CCN(CC)CCNC(=O)c1cc(OC)cc2c1O[C@H](c1ccccc1)[C@@H](C)C2=O. The van der Waals surface area contributed by atoms with Crippen LogP contribution >= 0.6 is 0 Å². The number of ketones is 1. The van der Waals surface area contributed by atoms with E-state index in [1.54, 1.807) is 12.1 Å². The molecule has 0 unspecified atom stereocenters. The highest BCUT2D eigenvalue weighted by molar-refractivity contribution is 6.07. The molecule has 3 rings (SSSR count). The number of methoxy groups -OCH3 is 1. The molecular weight excluding hydrogens is 380 g/mol. The minimum Gasteiger partial charge on any atom is -0.497 e. The average molecular weight is 411 g/mol. The van der Waals surface area contributed by atoms with E-state index in [9.17, 15) is 9.59 Å². The van der Waals surface area contributed by atoms with Gasteiger partial charge in [0, 0.05) is 13.1 Å². The molecule has 2 aromatic rings. The zero-order valence-corrected chi connectivity index (χ0v) is 18.1. The Labute approximate surface area is 178 Å². The summed E-state index contributed by atoms with van der Waals surface area (Å²) in [6, 6.07) is 12.9. The highest BCUT2D eigenvalue weighted by Gasteiger charge is 2.37. The number of likely N-dealkylation sites (N-methyl/N-ethyl adjacent to an activating group) is 1. The van der Waals surface area contributed by atoms with Crippen molar-refractivity contribution in [1.82, 2.24) is 10.2 Å². The molecule has 0 aromatic heterocycles. The van der Waals surface area contributed by atoms with Crippen molar-refractivity contribution < 1.29 is 19.1 Å². The molecule has 0 fully saturated rings. The van der Waals surface area contributed by atoms with Crippen molar-refractivity contribution >= 4 is 11.7 Å². The highest BCUT2D eigenvalue weighted by Crippen LogP contribution is 2.42. The summed E-state index contributed by atoms with van der Waals surface area (Å²) in [7, 11) is 1.52. The molecule has 6 heteroatoms. The smallest absolute Gasteiger partial charge is 0.255 e. The summed E-state index contributed by atoms with van der Waals surface area (Å²) in [5, 5.41) is 2.95. The first-order valence-electron chi connectivity index (χ1n) is 10.5. The lowest BCUT2D eigenvalue weighted by atomic mass is 9.86. The molecule has 6 nitrogen and oxygen atoms in total. The van der Waals surface area contributed by atoms with Crippen LogP contribution in [0.15, 0.2) is 42.5 Å². The van der Waals surface area contributed by atoms with Crippen molar-refractivity contribution in [3.63, 3.8) is 0 Å². The second kappa shape index (κ2) is 9.76. The Morgan fingerprint density at radius 1 is 1.17 bits per heavy atom. The predicted molar refractivity (Wildman–Crippen MR) is 116 cm³/mol. The molecule has 0 bridgehead atoms. The number of hydrogen-bond acceptors (Lipinski definition) is 5. The molecule has 1 aliphatic heterocycles. The van der Waals surface area contributed by atoms with E-state index in [0.717, 1.165) is 25.2 Å². The van der Waals surface area contributed by atoms with Crippen molar-refractivity contribution in [3.8, 4) is 11.5 Å². The van der Waals surface area contributed by atoms with Gasteiger partial charge in [0.1, 0.15) is 17.6 Å². The summed E-state index contributed by atoms with van der Waals surface area (Å²) in [4.78, 5) is 28.4. The Morgan fingerprint density at radius 2 is 1.87 bits per heavy atom. The van der Waals surface area contributed by atoms with Crippen molar-refractivity contribution in [1.29, 1.82) is 0 Å². The van der Waals surface area contributed by atoms with E-state index in [1.165, 1.54) is 7.11 Å². The Balaban J connectivity index is 1.92. The molecule has 2 aromatic carbocycles. The van der Waals surface area contributed by atoms with E-state index in [1.807, 2.05) is 37.3 Å². The maximum Gasteiger partial charge on any atom is 0.255 e. The lowest BCUT2D eigenvalue weighted by Gasteiger charge is -2.32. The lowest BCUT2D eigenvalue weighted by molar-refractivity contribution is 0.0682. The Kier molecular flexibility index (Phi) is 7.11. The van der Waals surface area contributed by atoms with Crippen LogP contribution in [-0.4, -0.2) is 49.9 Å². The van der Waals surface area contributed by atoms with Crippen molar-refractivity contribution in [2.75, 3.05) is 33.3 Å². The van der Waals surface area contributed by atoms with Crippen LogP contribution in [0.1, 0.15) is 53.2 Å². The van der Waals surface area contributed by atoms with Crippen LogP contribution in [0.25, 0.3) is 0 Å². The summed E-state index contributed by atoms with van der Waals surface area (Å²) in [5.74, 6) is 0.0938. The number of Topliss-reactive ketones (excluding diaryl/α,β-unsaturated/α-hetero) is 1. The largest absolute Gasteiger partial charge is 0.497 e. The van der Waals surface area contributed by atoms with Crippen molar-refractivity contribution in [2.45, 2.75) is 26.9 Å². The number of ether oxygens (including phenoxy) is 2. The number of carbonyl (C=O) groups excluding carboxylic acids is 2. The summed E-state index contributed by atoms with van der Waals surface area (Å²) in [6.45, 7) is 9.16. The van der Waals surface area contributed by atoms with Crippen LogP contribution in [0.3, 0.4) is 0 Å². The average Bonchev–Trinajstić information content (AvgIpc) is 2.78. The van der Waals surface area contributed by atoms with Crippen LogP contribution in [0.5, 0.6) is 11.5 Å². The van der Waals surface area contributed by atoms with Gasteiger partial charge in [-0.05, 0) is 30.8 Å². The summed E-state index contributed by atoms with van der Waals surface area (Å²) in [5.41, 5.74) is 1.63. The number of nitrogens with zero attached hydrogens (tertiary/aromatic N) is 1. The summed E-state index contributed by atoms with van der Waals surface area (Å²) >= 11 is 0. The van der Waals surface area contributed by atoms with E-state index < -0.39 is 6.10 Å². The minimum absolute atomic E-state index is 0.0544. The lowest BCUT2D eigenvalue weighted by Crippen LogP contribution is -2.36. The molecule has 1 amide bonds. The third kappa shape index (κ3) is 4.49. The van der Waals surface area contributed by atoms with Crippen LogP contribution in [0, 0.1) is 5.92 Å². The van der Waals surface area contributed by atoms with E-state index in [-0.39, 0.29) is 17.6 Å². The van der Waals surface area contributed by atoms with Crippen molar-refractivity contribution in [2.24, 2.45) is 5.92 Å². The molecule has 0 saturated carbocycles. The van der Waals surface area contributed by atoms with Gasteiger partial charge in [-0.15, -0.1) is 0 Å². The van der Waals surface area contributed by atoms with Gasteiger partial charge < -0.3 is 19.7 Å². The molecule has 0 saturated heterocycles.